The summed E-state index contributed by atoms with van der Waals surface area (Å²) in [5, 5.41) is 2.57. The Labute approximate surface area is 190 Å². The van der Waals surface area contributed by atoms with Crippen molar-refractivity contribution in [3.8, 4) is 5.69 Å². The summed E-state index contributed by atoms with van der Waals surface area (Å²) in [4.78, 5) is 33.2. The third-order valence-corrected chi connectivity index (χ3v) is 5.83. The molecule has 0 unspecified atom stereocenters. The number of hydrogen-bond acceptors (Lipinski definition) is 4. The van der Waals surface area contributed by atoms with Gasteiger partial charge in [0, 0.05) is 5.69 Å². The van der Waals surface area contributed by atoms with Crippen molar-refractivity contribution in [1.29, 1.82) is 0 Å². The van der Waals surface area contributed by atoms with Crippen molar-refractivity contribution in [1.82, 2.24) is 14.5 Å². The Morgan fingerprint density at radius 1 is 1.12 bits per heavy atom. The summed E-state index contributed by atoms with van der Waals surface area (Å²) in [6, 6.07) is 13.7. The molecule has 4 aromatic rings. The summed E-state index contributed by atoms with van der Waals surface area (Å²) in [5.74, 6) is -0.883. The van der Waals surface area contributed by atoms with Crippen LogP contribution in [0.3, 0.4) is 0 Å². The fourth-order valence-electron chi connectivity index (χ4n) is 3.35. The number of amides is 1. The number of nitrogens with zero attached hydrogens (tertiary/aromatic N) is 2. The number of aromatic nitrogens is 3. The molecule has 6 nitrogen and oxygen atoms in total. The number of halogens is 3. The maximum absolute atomic E-state index is 13.2. The lowest BCUT2D eigenvalue weighted by Crippen LogP contribution is -2.23. The van der Waals surface area contributed by atoms with E-state index in [1.807, 2.05) is 19.1 Å². The number of alkyl halides is 3. The summed E-state index contributed by atoms with van der Waals surface area (Å²) >= 11 is 0.970. The van der Waals surface area contributed by atoms with Crippen LogP contribution in [0.4, 0.5) is 18.9 Å². The highest BCUT2D eigenvalue weighted by Gasteiger charge is 2.33. The molecule has 0 aliphatic heterocycles. The molecule has 4 rings (SSSR count). The van der Waals surface area contributed by atoms with Gasteiger partial charge in [-0.2, -0.15) is 13.2 Å². The quantitative estimate of drug-likeness (QED) is 0.314. The van der Waals surface area contributed by atoms with E-state index >= 15 is 0 Å². The van der Waals surface area contributed by atoms with Crippen molar-refractivity contribution in [2.45, 2.75) is 25.2 Å². The van der Waals surface area contributed by atoms with E-state index in [-0.39, 0.29) is 22.2 Å². The largest absolute Gasteiger partial charge is 0.418 e. The molecule has 0 saturated carbocycles. The molecule has 10 heteroatoms. The Kier molecular flexibility index (Phi) is 6.03. The van der Waals surface area contributed by atoms with Crippen LogP contribution in [-0.4, -0.2) is 26.2 Å². The van der Waals surface area contributed by atoms with E-state index in [1.165, 1.54) is 22.8 Å². The van der Waals surface area contributed by atoms with Crippen LogP contribution in [0.25, 0.3) is 16.7 Å². The van der Waals surface area contributed by atoms with E-state index in [4.69, 9.17) is 0 Å². The average molecular weight is 472 g/mol. The fraction of sp³-hybridized carbons (Fsp3) is 0.174. The van der Waals surface area contributed by atoms with Gasteiger partial charge < -0.3 is 10.3 Å². The molecule has 1 amide bonds. The molecule has 0 aliphatic rings. The van der Waals surface area contributed by atoms with Gasteiger partial charge in [-0.25, -0.2) is 4.98 Å². The van der Waals surface area contributed by atoms with Crippen molar-refractivity contribution >= 4 is 34.4 Å². The van der Waals surface area contributed by atoms with Crippen LogP contribution in [0.15, 0.2) is 64.5 Å². The third kappa shape index (κ3) is 4.80. The Morgan fingerprint density at radius 2 is 1.82 bits per heavy atom. The van der Waals surface area contributed by atoms with Gasteiger partial charge in [-0.3, -0.25) is 14.2 Å². The minimum atomic E-state index is -4.60. The van der Waals surface area contributed by atoms with E-state index < -0.39 is 17.6 Å². The second-order valence-corrected chi connectivity index (χ2v) is 8.41. The topological polar surface area (TPSA) is 79.8 Å². The van der Waals surface area contributed by atoms with Gasteiger partial charge >= 0.3 is 6.18 Å². The standard InChI is InChI=1S/C23H19F3N4O2S/c1-13-7-9-15(10-8-13)30-21(32)20-18(11-14(2)27-20)29-22(30)33-12-19(31)28-17-6-4-3-5-16(17)23(24,25)26/h3-11,27H,12H2,1-2H3,(H,28,31). The van der Waals surface area contributed by atoms with Gasteiger partial charge in [0.25, 0.3) is 5.56 Å². The predicted octanol–water partition coefficient (Wildman–Crippen LogP) is 5.08. The molecule has 170 valence electrons. The van der Waals surface area contributed by atoms with E-state index in [1.54, 1.807) is 25.1 Å². The first-order chi connectivity index (χ1) is 15.6. The average Bonchev–Trinajstić information content (AvgIpc) is 3.13. The SMILES string of the molecule is Cc1ccc(-n2c(SCC(=O)Nc3ccccc3C(F)(F)F)nc3cc(C)[nH]c3c2=O)cc1. The molecule has 2 aromatic carbocycles. The maximum atomic E-state index is 13.2. The molecular weight excluding hydrogens is 453 g/mol. The molecule has 0 bridgehead atoms. The second kappa shape index (κ2) is 8.78. The first kappa shape index (κ1) is 22.7. The number of aryl methyl sites for hydroxylation is 2. The lowest BCUT2D eigenvalue weighted by molar-refractivity contribution is -0.137. The number of hydrogen-bond donors (Lipinski definition) is 2. The van der Waals surface area contributed by atoms with Crippen molar-refractivity contribution in [3.63, 3.8) is 0 Å². The van der Waals surface area contributed by atoms with Crippen molar-refractivity contribution in [3.05, 3.63) is 81.8 Å². The van der Waals surface area contributed by atoms with E-state index in [0.29, 0.717) is 16.7 Å². The van der Waals surface area contributed by atoms with Crippen molar-refractivity contribution in [2.24, 2.45) is 0 Å². The summed E-state index contributed by atoms with van der Waals surface area (Å²) in [5.41, 5.74) is 1.53. The highest BCUT2D eigenvalue weighted by atomic mass is 32.2. The highest BCUT2D eigenvalue weighted by molar-refractivity contribution is 7.99. The first-order valence-corrected chi connectivity index (χ1v) is 10.9. The molecule has 2 aromatic heterocycles. The van der Waals surface area contributed by atoms with Crippen LogP contribution >= 0.6 is 11.8 Å². The molecule has 0 fully saturated rings. The minimum Gasteiger partial charge on any atom is -0.353 e. The van der Waals surface area contributed by atoms with Gasteiger partial charge in [0.15, 0.2) is 5.16 Å². The maximum Gasteiger partial charge on any atom is 0.418 e. The van der Waals surface area contributed by atoms with Crippen LogP contribution in [-0.2, 0) is 11.0 Å². The molecular formula is C23H19F3N4O2S. The van der Waals surface area contributed by atoms with Gasteiger partial charge in [0.2, 0.25) is 5.91 Å². The number of thioether (sulfide) groups is 1. The molecule has 0 radical (unpaired) electrons. The lowest BCUT2D eigenvalue weighted by Gasteiger charge is -2.14. The molecule has 0 saturated heterocycles. The summed E-state index contributed by atoms with van der Waals surface area (Å²) in [7, 11) is 0. The zero-order valence-corrected chi connectivity index (χ0v) is 18.5. The lowest BCUT2D eigenvalue weighted by atomic mass is 10.1. The molecule has 2 heterocycles. The number of H-pyrrole nitrogens is 1. The number of carbonyl (C=O) groups is 1. The van der Waals surface area contributed by atoms with E-state index in [0.717, 1.165) is 29.1 Å². The zero-order valence-electron chi connectivity index (χ0n) is 17.7. The minimum absolute atomic E-state index is 0.237. The molecule has 0 atom stereocenters. The number of carbonyl (C=O) groups excluding carboxylic acids is 1. The number of nitrogens with one attached hydrogen (secondary N) is 2. The summed E-state index contributed by atoms with van der Waals surface area (Å²) in [6.45, 7) is 3.72. The zero-order chi connectivity index (χ0) is 23.8. The van der Waals surface area contributed by atoms with Crippen LogP contribution in [0.5, 0.6) is 0 Å². The van der Waals surface area contributed by atoms with Crippen LogP contribution in [0, 0.1) is 13.8 Å². The number of para-hydroxylation sites is 1. The predicted molar refractivity (Wildman–Crippen MR) is 122 cm³/mol. The van der Waals surface area contributed by atoms with E-state index in [2.05, 4.69) is 15.3 Å². The number of rotatable bonds is 5. The third-order valence-electron chi connectivity index (χ3n) is 4.89. The van der Waals surface area contributed by atoms with Gasteiger partial charge in [-0.1, -0.05) is 41.6 Å². The molecule has 0 aliphatic carbocycles. The normalized spacial score (nSPS) is 11.7. The van der Waals surface area contributed by atoms with Gasteiger partial charge in [0.1, 0.15) is 5.52 Å². The Morgan fingerprint density at radius 3 is 2.52 bits per heavy atom. The van der Waals surface area contributed by atoms with Gasteiger partial charge in [0.05, 0.1) is 28.2 Å². The Bertz CT molecular complexity index is 1390. The molecule has 0 spiro atoms. The Hall–Kier alpha value is -3.53. The number of aromatic amines is 1. The van der Waals surface area contributed by atoms with Gasteiger partial charge in [-0.05, 0) is 44.2 Å². The smallest absolute Gasteiger partial charge is 0.353 e. The summed E-state index contributed by atoms with van der Waals surface area (Å²) < 4.78 is 41.0. The van der Waals surface area contributed by atoms with Crippen LogP contribution < -0.4 is 10.9 Å². The molecule has 33 heavy (non-hydrogen) atoms. The van der Waals surface area contributed by atoms with Gasteiger partial charge in [-0.15, -0.1) is 0 Å². The second-order valence-electron chi connectivity index (χ2n) is 7.46. The highest BCUT2D eigenvalue weighted by Crippen LogP contribution is 2.34. The summed E-state index contributed by atoms with van der Waals surface area (Å²) in [6.07, 6.45) is -4.60. The van der Waals surface area contributed by atoms with Crippen LogP contribution in [0.2, 0.25) is 0 Å². The Balaban J connectivity index is 1.65. The monoisotopic (exact) mass is 472 g/mol. The number of benzene rings is 2. The fourth-order valence-corrected chi connectivity index (χ4v) is 4.16. The van der Waals surface area contributed by atoms with E-state index in [9.17, 15) is 22.8 Å². The van der Waals surface area contributed by atoms with Crippen molar-refractivity contribution in [2.75, 3.05) is 11.1 Å². The van der Waals surface area contributed by atoms with Crippen LogP contribution in [0.1, 0.15) is 16.8 Å². The number of anilines is 1. The molecule has 2 N–H and O–H groups in total. The van der Waals surface area contributed by atoms with Crippen molar-refractivity contribution < 1.29 is 18.0 Å². The number of fused-ring (bicyclic) bond motifs is 1. The first-order valence-electron chi connectivity index (χ1n) is 9.92.